The van der Waals surface area contributed by atoms with Crippen LogP contribution in [0.1, 0.15) is 5.56 Å². The molecule has 20 heavy (non-hydrogen) atoms. The molecule has 0 saturated heterocycles. The molecule has 0 aliphatic heterocycles. The van der Waals surface area contributed by atoms with Crippen LogP contribution in [0.3, 0.4) is 0 Å². The van der Waals surface area contributed by atoms with Crippen LogP contribution in [0, 0.1) is 0 Å². The molecule has 1 heterocycles. The van der Waals surface area contributed by atoms with Crippen LogP contribution in [0.25, 0.3) is 10.9 Å². The van der Waals surface area contributed by atoms with Crippen molar-refractivity contribution in [3.63, 3.8) is 0 Å². The second-order valence-corrected chi connectivity index (χ2v) is 5.31. The van der Waals surface area contributed by atoms with Crippen LogP contribution >= 0.6 is 15.9 Å². The summed E-state index contributed by atoms with van der Waals surface area (Å²) < 4.78 is 7.04. The van der Waals surface area contributed by atoms with Gasteiger partial charge in [0.2, 0.25) is 0 Å². The first kappa shape index (κ1) is 13.1. The average Bonchev–Trinajstić information content (AvgIpc) is 2.50. The lowest BCUT2D eigenvalue weighted by Gasteiger charge is -2.12. The first-order valence-electron chi connectivity index (χ1n) is 6.28. The lowest BCUT2D eigenvalue weighted by atomic mass is 10.1. The van der Waals surface area contributed by atoms with Gasteiger partial charge in [0.15, 0.2) is 0 Å². The second-order valence-electron chi connectivity index (χ2n) is 4.39. The van der Waals surface area contributed by atoms with Gasteiger partial charge in [-0.1, -0.05) is 28.1 Å². The maximum atomic E-state index is 6.03. The van der Waals surface area contributed by atoms with Crippen molar-refractivity contribution in [2.24, 2.45) is 5.73 Å². The van der Waals surface area contributed by atoms with Crippen LogP contribution < -0.4 is 10.5 Å². The molecular formula is C16H13BrN2O. The monoisotopic (exact) mass is 328 g/mol. The molecule has 2 N–H and O–H groups in total. The van der Waals surface area contributed by atoms with Crippen molar-refractivity contribution in [2.75, 3.05) is 0 Å². The fourth-order valence-electron chi connectivity index (χ4n) is 2.04. The van der Waals surface area contributed by atoms with Crippen molar-refractivity contribution in [1.82, 2.24) is 4.98 Å². The minimum Gasteiger partial charge on any atom is -0.456 e. The van der Waals surface area contributed by atoms with Crippen LogP contribution in [0.2, 0.25) is 0 Å². The highest BCUT2D eigenvalue weighted by molar-refractivity contribution is 9.10. The van der Waals surface area contributed by atoms with Crippen LogP contribution in [0.5, 0.6) is 11.5 Å². The number of hydrogen-bond donors (Lipinski definition) is 1. The van der Waals surface area contributed by atoms with E-state index in [1.165, 1.54) is 0 Å². The number of halogens is 1. The number of rotatable bonds is 3. The third-order valence-electron chi connectivity index (χ3n) is 3.05. The molecule has 0 atom stereocenters. The van der Waals surface area contributed by atoms with E-state index in [4.69, 9.17) is 10.5 Å². The van der Waals surface area contributed by atoms with E-state index in [1.807, 2.05) is 48.5 Å². The highest BCUT2D eigenvalue weighted by Crippen LogP contribution is 2.32. The Morgan fingerprint density at radius 1 is 1.05 bits per heavy atom. The fourth-order valence-corrected chi connectivity index (χ4v) is 2.31. The summed E-state index contributed by atoms with van der Waals surface area (Å²) in [5.41, 5.74) is 7.59. The maximum absolute atomic E-state index is 6.03. The summed E-state index contributed by atoms with van der Waals surface area (Å²) in [6.45, 7) is 0.393. The van der Waals surface area contributed by atoms with Gasteiger partial charge in [0.25, 0.3) is 0 Å². The summed E-state index contributed by atoms with van der Waals surface area (Å²) in [7, 11) is 0. The van der Waals surface area contributed by atoms with Gasteiger partial charge in [0.1, 0.15) is 11.5 Å². The summed E-state index contributed by atoms with van der Waals surface area (Å²) in [4.78, 5) is 4.40. The van der Waals surface area contributed by atoms with E-state index >= 15 is 0 Å². The fraction of sp³-hybridized carbons (Fsp3) is 0.0625. The Balaban J connectivity index is 2.11. The summed E-state index contributed by atoms with van der Waals surface area (Å²) in [6.07, 6.45) is 1.77. The minimum absolute atomic E-state index is 0.393. The molecule has 1 aromatic heterocycles. The minimum atomic E-state index is 0.393. The lowest BCUT2D eigenvalue weighted by Crippen LogP contribution is -2.01. The Kier molecular flexibility index (Phi) is 3.67. The van der Waals surface area contributed by atoms with Gasteiger partial charge < -0.3 is 10.5 Å². The number of aromatic nitrogens is 1. The standard InChI is InChI=1S/C16H13BrN2O/c17-12-5-7-13(8-6-12)20-16-11(9-18)10-19-15-4-2-1-3-14(15)16/h1-8,10H,9,18H2. The Bertz CT molecular complexity index is 741. The molecule has 100 valence electrons. The smallest absolute Gasteiger partial charge is 0.142 e. The summed E-state index contributed by atoms with van der Waals surface area (Å²) in [5, 5.41) is 0.971. The van der Waals surface area contributed by atoms with E-state index in [-0.39, 0.29) is 0 Å². The average molecular weight is 329 g/mol. The number of benzene rings is 2. The van der Waals surface area contributed by atoms with E-state index in [0.29, 0.717) is 6.54 Å². The van der Waals surface area contributed by atoms with Gasteiger partial charge >= 0.3 is 0 Å². The van der Waals surface area contributed by atoms with Gasteiger partial charge in [-0.2, -0.15) is 0 Å². The third kappa shape index (κ3) is 2.53. The molecule has 0 radical (unpaired) electrons. The van der Waals surface area contributed by atoms with E-state index in [9.17, 15) is 0 Å². The van der Waals surface area contributed by atoms with Crippen molar-refractivity contribution in [3.05, 3.63) is 64.8 Å². The molecule has 4 heteroatoms. The molecule has 3 aromatic rings. The van der Waals surface area contributed by atoms with Gasteiger partial charge in [-0.15, -0.1) is 0 Å². The van der Waals surface area contributed by atoms with Crippen LogP contribution in [0.15, 0.2) is 59.2 Å². The lowest BCUT2D eigenvalue weighted by molar-refractivity contribution is 0.481. The number of para-hydroxylation sites is 1. The van der Waals surface area contributed by atoms with Crippen molar-refractivity contribution in [1.29, 1.82) is 0 Å². The number of nitrogens with two attached hydrogens (primary N) is 1. The number of ether oxygens (including phenoxy) is 1. The highest BCUT2D eigenvalue weighted by Gasteiger charge is 2.10. The highest BCUT2D eigenvalue weighted by atomic mass is 79.9. The Hall–Kier alpha value is -1.91. The number of pyridine rings is 1. The van der Waals surface area contributed by atoms with Crippen LogP contribution in [-0.4, -0.2) is 4.98 Å². The number of hydrogen-bond acceptors (Lipinski definition) is 3. The van der Waals surface area contributed by atoms with Gasteiger partial charge in [0.05, 0.1) is 5.52 Å². The Morgan fingerprint density at radius 2 is 1.80 bits per heavy atom. The van der Waals surface area contributed by atoms with Gasteiger partial charge in [-0.05, 0) is 36.4 Å². The third-order valence-corrected chi connectivity index (χ3v) is 3.58. The second kappa shape index (κ2) is 5.61. The quantitative estimate of drug-likeness (QED) is 0.781. The van der Waals surface area contributed by atoms with E-state index in [0.717, 1.165) is 32.4 Å². The first-order valence-corrected chi connectivity index (χ1v) is 7.07. The number of fused-ring (bicyclic) bond motifs is 1. The van der Waals surface area contributed by atoms with Crippen LogP contribution in [-0.2, 0) is 6.54 Å². The van der Waals surface area contributed by atoms with E-state index in [2.05, 4.69) is 20.9 Å². The molecule has 3 rings (SSSR count). The molecule has 0 aliphatic carbocycles. The van der Waals surface area contributed by atoms with Crippen molar-refractivity contribution in [3.8, 4) is 11.5 Å². The SMILES string of the molecule is NCc1cnc2ccccc2c1Oc1ccc(Br)cc1. The van der Waals surface area contributed by atoms with Gasteiger partial charge in [-0.25, -0.2) is 0 Å². The van der Waals surface area contributed by atoms with E-state index < -0.39 is 0 Å². The predicted octanol–water partition coefficient (Wildman–Crippen LogP) is 4.25. The first-order chi connectivity index (χ1) is 9.78. The molecule has 0 fully saturated rings. The molecule has 0 bridgehead atoms. The molecule has 2 aromatic carbocycles. The van der Waals surface area contributed by atoms with Gasteiger partial charge in [0, 0.05) is 28.2 Å². The summed E-state index contributed by atoms with van der Waals surface area (Å²) in [5.74, 6) is 1.56. The zero-order valence-electron chi connectivity index (χ0n) is 10.7. The van der Waals surface area contributed by atoms with Crippen molar-refractivity contribution < 1.29 is 4.74 Å². The molecular weight excluding hydrogens is 316 g/mol. The largest absolute Gasteiger partial charge is 0.456 e. The Labute approximate surface area is 125 Å². The van der Waals surface area contributed by atoms with Crippen LogP contribution in [0.4, 0.5) is 0 Å². The predicted molar refractivity (Wildman–Crippen MR) is 83.9 cm³/mol. The maximum Gasteiger partial charge on any atom is 0.142 e. The molecule has 0 amide bonds. The topological polar surface area (TPSA) is 48.1 Å². The summed E-state index contributed by atoms with van der Waals surface area (Å²) >= 11 is 3.41. The molecule has 0 unspecified atom stereocenters. The molecule has 0 saturated carbocycles. The van der Waals surface area contributed by atoms with Crippen molar-refractivity contribution in [2.45, 2.75) is 6.54 Å². The normalized spacial score (nSPS) is 10.7. The zero-order valence-corrected chi connectivity index (χ0v) is 12.3. The van der Waals surface area contributed by atoms with Gasteiger partial charge in [-0.3, -0.25) is 4.98 Å². The molecule has 3 nitrogen and oxygen atoms in total. The molecule has 0 aliphatic rings. The summed E-state index contributed by atoms with van der Waals surface area (Å²) in [6, 6.07) is 15.6. The zero-order chi connectivity index (χ0) is 13.9. The Morgan fingerprint density at radius 3 is 2.55 bits per heavy atom. The van der Waals surface area contributed by atoms with Crippen molar-refractivity contribution >= 4 is 26.8 Å². The van der Waals surface area contributed by atoms with E-state index in [1.54, 1.807) is 6.20 Å². The molecule has 0 spiro atoms. The number of nitrogens with zero attached hydrogens (tertiary/aromatic N) is 1.